The number of cyclic esters (lactones) is 1. The van der Waals surface area contributed by atoms with Gasteiger partial charge in [0.15, 0.2) is 0 Å². The molecule has 0 N–H and O–H groups in total. The van der Waals surface area contributed by atoms with E-state index >= 15 is 0 Å². The zero-order valence-corrected chi connectivity index (χ0v) is 17.2. The predicted octanol–water partition coefficient (Wildman–Crippen LogP) is 2.72. The molecular formula is C23H28N4O3. The predicted molar refractivity (Wildman–Crippen MR) is 112 cm³/mol. The summed E-state index contributed by atoms with van der Waals surface area (Å²) in [5.41, 5.74) is 1.47. The van der Waals surface area contributed by atoms with E-state index in [0.717, 1.165) is 25.1 Å². The van der Waals surface area contributed by atoms with E-state index in [1.807, 2.05) is 27.8 Å². The van der Waals surface area contributed by atoms with E-state index < -0.39 is 5.41 Å². The molecule has 3 fully saturated rings. The maximum absolute atomic E-state index is 13.0. The second-order valence-electron chi connectivity index (χ2n) is 8.80. The lowest BCUT2D eigenvalue weighted by Crippen LogP contribution is -2.45. The van der Waals surface area contributed by atoms with E-state index in [0.29, 0.717) is 32.5 Å². The highest BCUT2D eigenvalue weighted by molar-refractivity contribution is 5.95. The van der Waals surface area contributed by atoms with Gasteiger partial charge in [0.05, 0.1) is 18.3 Å². The number of benzene rings is 1. The molecule has 158 valence electrons. The van der Waals surface area contributed by atoms with E-state index in [1.54, 1.807) is 12.5 Å². The largest absolute Gasteiger partial charge is 0.460 e. The number of carbonyl (C=O) groups is 2. The Bertz CT molecular complexity index is 895. The van der Waals surface area contributed by atoms with Crippen molar-refractivity contribution >= 4 is 17.6 Å². The molecule has 3 aliphatic heterocycles. The van der Waals surface area contributed by atoms with Crippen LogP contribution in [0.3, 0.4) is 0 Å². The normalized spacial score (nSPS) is 23.2. The Morgan fingerprint density at radius 2 is 1.83 bits per heavy atom. The minimum atomic E-state index is -0.443. The minimum Gasteiger partial charge on any atom is -0.460 e. The molecule has 3 saturated heterocycles. The van der Waals surface area contributed by atoms with Crippen molar-refractivity contribution in [1.29, 1.82) is 0 Å². The molecule has 0 aliphatic carbocycles. The molecular weight excluding hydrogens is 380 g/mol. The van der Waals surface area contributed by atoms with Crippen molar-refractivity contribution in [2.75, 3.05) is 31.1 Å². The zero-order chi connectivity index (χ0) is 20.6. The van der Waals surface area contributed by atoms with Gasteiger partial charge in [0, 0.05) is 56.2 Å². The van der Waals surface area contributed by atoms with E-state index in [4.69, 9.17) is 4.74 Å². The van der Waals surface area contributed by atoms with Gasteiger partial charge in [0.1, 0.15) is 6.10 Å². The van der Waals surface area contributed by atoms with Crippen LogP contribution in [0.4, 0.5) is 5.69 Å². The van der Waals surface area contributed by atoms with Gasteiger partial charge in [-0.05, 0) is 49.9 Å². The first-order valence-electron chi connectivity index (χ1n) is 10.9. The number of aromatic nitrogens is 2. The van der Waals surface area contributed by atoms with Gasteiger partial charge in [0.2, 0.25) is 0 Å². The number of anilines is 1. The van der Waals surface area contributed by atoms with Crippen molar-refractivity contribution in [2.24, 2.45) is 5.41 Å². The molecule has 1 spiro atoms. The van der Waals surface area contributed by atoms with Crippen LogP contribution in [0.5, 0.6) is 0 Å². The van der Waals surface area contributed by atoms with Gasteiger partial charge >= 0.3 is 5.97 Å². The summed E-state index contributed by atoms with van der Waals surface area (Å²) in [7, 11) is 0. The highest BCUT2D eigenvalue weighted by Gasteiger charge is 2.50. The number of hydrogen-bond donors (Lipinski definition) is 0. The first kappa shape index (κ1) is 19.2. The topological polar surface area (TPSA) is 67.7 Å². The number of ether oxygens (including phenoxy) is 1. The third kappa shape index (κ3) is 3.57. The smallest absolute Gasteiger partial charge is 0.312 e. The SMILES string of the molecule is O=C(c1ccc(N2CCCC2)cc1)N1CCC2(CC1)CC(Cn1ccnc1)OC2=O. The fraction of sp³-hybridized carbons (Fsp3) is 0.522. The molecule has 5 rings (SSSR count). The Morgan fingerprint density at radius 1 is 1.10 bits per heavy atom. The molecule has 1 atom stereocenters. The van der Waals surface area contributed by atoms with Gasteiger partial charge in [-0.1, -0.05) is 0 Å². The van der Waals surface area contributed by atoms with E-state index in [2.05, 4.69) is 22.0 Å². The highest BCUT2D eigenvalue weighted by atomic mass is 16.6. The number of amides is 1. The van der Waals surface area contributed by atoms with Crippen LogP contribution in [-0.4, -0.2) is 58.6 Å². The molecule has 0 radical (unpaired) electrons. The van der Waals surface area contributed by atoms with E-state index in [1.165, 1.54) is 18.5 Å². The molecule has 7 heteroatoms. The van der Waals surface area contributed by atoms with Gasteiger partial charge in [-0.3, -0.25) is 9.59 Å². The lowest BCUT2D eigenvalue weighted by atomic mass is 9.76. The standard InChI is InChI=1S/C23H28N4O3/c28-21(18-3-5-19(6-4-18)26-10-1-2-11-26)27-12-7-23(8-13-27)15-20(30-22(23)29)16-25-14-9-24-17-25/h3-6,9,14,17,20H,1-2,7-8,10-13,15-16H2. The lowest BCUT2D eigenvalue weighted by Gasteiger charge is -2.36. The number of nitrogens with zero attached hydrogens (tertiary/aromatic N) is 4. The van der Waals surface area contributed by atoms with Crippen LogP contribution < -0.4 is 4.90 Å². The van der Waals surface area contributed by atoms with Crippen molar-refractivity contribution in [1.82, 2.24) is 14.5 Å². The third-order valence-electron chi connectivity index (χ3n) is 6.89. The highest BCUT2D eigenvalue weighted by Crippen LogP contribution is 2.43. The van der Waals surface area contributed by atoms with Crippen LogP contribution in [0.1, 0.15) is 42.5 Å². The number of rotatable bonds is 4. The summed E-state index contributed by atoms with van der Waals surface area (Å²) in [6, 6.07) is 7.98. The van der Waals surface area contributed by atoms with Gasteiger partial charge < -0.3 is 19.1 Å². The van der Waals surface area contributed by atoms with Crippen LogP contribution in [0, 0.1) is 5.41 Å². The molecule has 1 aromatic carbocycles. The number of piperidine rings is 1. The fourth-order valence-electron chi connectivity index (χ4n) is 5.09. The Balaban J connectivity index is 1.19. The number of imidazole rings is 1. The van der Waals surface area contributed by atoms with Crippen LogP contribution in [0.15, 0.2) is 43.0 Å². The monoisotopic (exact) mass is 408 g/mol. The molecule has 1 unspecified atom stereocenters. The van der Waals surface area contributed by atoms with Gasteiger partial charge in [0.25, 0.3) is 5.91 Å². The summed E-state index contributed by atoms with van der Waals surface area (Å²) in [5.74, 6) is -0.0474. The average molecular weight is 409 g/mol. The average Bonchev–Trinajstić information content (AvgIpc) is 3.52. The molecule has 1 amide bonds. The first-order valence-corrected chi connectivity index (χ1v) is 10.9. The number of esters is 1. The first-order chi connectivity index (χ1) is 14.6. The summed E-state index contributed by atoms with van der Waals surface area (Å²) >= 11 is 0. The number of hydrogen-bond acceptors (Lipinski definition) is 5. The molecule has 1 aromatic heterocycles. The Kier molecular flexibility index (Phi) is 4.97. The van der Waals surface area contributed by atoms with Crippen molar-refractivity contribution < 1.29 is 14.3 Å². The number of carbonyl (C=O) groups excluding carboxylic acids is 2. The zero-order valence-electron chi connectivity index (χ0n) is 17.2. The molecule has 4 heterocycles. The second kappa shape index (κ2) is 7.78. The molecule has 0 saturated carbocycles. The summed E-state index contributed by atoms with van der Waals surface area (Å²) in [6.45, 7) is 4.03. The Labute approximate surface area is 176 Å². The quantitative estimate of drug-likeness (QED) is 0.728. The van der Waals surface area contributed by atoms with Gasteiger partial charge in [-0.15, -0.1) is 0 Å². The molecule has 2 aromatic rings. The maximum Gasteiger partial charge on any atom is 0.312 e. The molecule has 30 heavy (non-hydrogen) atoms. The van der Waals surface area contributed by atoms with Crippen LogP contribution in [0.2, 0.25) is 0 Å². The molecule has 3 aliphatic rings. The summed E-state index contributed by atoms with van der Waals surface area (Å²) < 4.78 is 7.62. The Morgan fingerprint density at radius 3 is 2.50 bits per heavy atom. The lowest BCUT2D eigenvalue weighted by molar-refractivity contribution is -0.150. The second-order valence-corrected chi connectivity index (χ2v) is 8.80. The fourth-order valence-corrected chi connectivity index (χ4v) is 5.09. The van der Waals surface area contributed by atoms with Gasteiger partial charge in [-0.25, -0.2) is 4.98 Å². The Hall–Kier alpha value is -2.83. The van der Waals surface area contributed by atoms with E-state index in [9.17, 15) is 9.59 Å². The summed E-state index contributed by atoms with van der Waals surface area (Å²) in [5, 5.41) is 0. The maximum atomic E-state index is 13.0. The summed E-state index contributed by atoms with van der Waals surface area (Å²) in [4.78, 5) is 33.9. The third-order valence-corrected chi connectivity index (χ3v) is 6.89. The minimum absolute atomic E-state index is 0.0548. The number of likely N-dealkylation sites (tertiary alicyclic amines) is 1. The summed E-state index contributed by atoms with van der Waals surface area (Å²) in [6.07, 6.45) is 9.78. The van der Waals surface area contributed by atoms with Crippen molar-refractivity contribution in [3.8, 4) is 0 Å². The van der Waals surface area contributed by atoms with Crippen molar-refractivity contribution in [3.63, 3.8) is 0 Å². The molecule has 0 bridgehead atoms. The van der Waals surface area contributed by atoms with Crippen molar-refractivity contribution in [2.45, 2.75) is 44.8 Å². The van der Waals surface area contributed by atoms with E-state index in [-0.39, 0.29) is 18.0 Å². The van der Waals surface area contributed by atoms with Crippen LogP contribution in [0.25, 0.3) is 0 Å². The van der Waals surface area contributed by atoms with Crippen LogP contribution in [-0.2, 0) is 16.1 Å². The van der Waals surface area contributed by atoms with Gasteiger partial charge in [-0.2, -0.15) is 0 Å². The van der Waals surface area contributed by atoms with Crippen LogP contribution >= 0.6 is 0 Å². The van der Waals surface area contributed by atoms with Crippen molar-refractivity contribution in [3.05, 3.63) is 48.5 Å². The molecule has 7 nitrogen and oxygen atoms in total.